The molecule has 0 bridgehead atoms. The first-order valence-electron chi connectivity index (χ1n) is 16.6. The summed E-state index contributed by atoms with van der Waals surface area (Å²) in [4.78, 5) is 15.3. The van der Waals surface area contributed by atoms with E-state index in [9.17, 15) is 0 Å². The molecule has 0 unspecified atom stereocenters. The highest BCUT2D eigenvalue weighted by Gasteiger charge is 2.21. The predicted molar refractivity (Wildman–Crippen MR) is 202 cm³/mol. The van der Waals surface area contributed by atoms with E-state index in [-0.39, 0.29) is 0 Å². The van der Waals surface area contributed by atoms with Crippen LogP contribution in [-0.4, -0.2) is 15.0 Å². The fourth-order valence-electron chi connectivity index (χ4n) is 7.04. The van der Waals surface area contributed by atoms with Gasteiger partial charge in [0.1, 0.15) is 22.3 Å². The standard InChI is InChI=1S/C45H27N3O2/c1-3-13-28(14-4-1)31-17-7-8-18-32(31)30-25-26-39-37(27-30)41-35(21-12-24-40(41)49-39)44-46-43(29-15-5-2-6-16-29)47-45(48-44)36-22-11-20-34-33-19-9-10-23-38(33)50-42(34)36/h1-27H. The van der Waals surface area contributed by atoms with Crippen molar-refractivity contribution in [2.75, 3.05) is 0 Å². The van der Waals surface area contributed by atoms with Crippen molar-refractivity contribution in [2.45, 2.75) is 0 Å². The third kappa shape index (κ3) is 4.60. The number of nitrogens with zero attached hydrogens (tertiary/aromatic N) is 3. The zero-order valence-corrected chi connectivity index (χ0v) is 26.7. The molecule has 0 spiro atoms. The fourth-order valence-corrected chi connectivity index (χ4v) is 7.04. The molecule has 5 heteroatoms. The summed E-state index contributed by atoms with van der Waals surface area (Å²) in [6, 6.07) is 55.8. The number of aromatic nitrogens is 3. The van der Waals surface area contributed by atoms with Crippen molar-refractivity contribution in [3.63, 3.8) is 0 Å². The van der Waals surface area contributed by atoms with Crippen molar-refractivity contribution in [1.82, 2.24) is 15.0 Å². The lowest BCUT2D eigenvalue weighted by atomic mass is 9.93. The van der Waals surface area contributed by atoms with Crippen molar-refractivity contribution >= 4 is 43.9 Å². The third-order valence-electron chi connectivity index (χ3n) is 9.37. The Labute approximate surface area is 287 Å². The van der Waals surface area contributed by atoms with Crippen molar-refractivity contribution in [3.05, 3.63) is 164 Å². The van der Waals surface area contributed by atoms with Crippen molar-refractivity contribution in [1.29, 1.82) is 0 Å². The Morgan fingerprint density at radius 3 is 1.70 bits per heavy atom. The Morgan fingerprint density at radius 1 is 0.320 bits per heavy atom. The number of fused-ring (bicyclic) bond motifs is 6. The monoisotopic (exact) mass is 641 g/mol. The van der Waals surface area contributed by atoms with E-state index in [0.717, 1.165) is 71.7 Å². The number of hydrogen-bond donors (Lipinski definition) is 0. The molecule has 10 aromatic rings. The van der Waals surface area contributed by atoms with Gasteiger partial charge in [-0.25, -0.2) is 15.0 Å². The van der Waals surface area contributed by atoms with Gasteiger partial charge >= 0.3 is 0 Å². The van der Waals surface area contributed by atoms with E-state index in [4.69, 9.17) is 23.8 Å². The molecule has 0 saturated carbocycles. The summed E-state index contributed by atoms with van der Waals surface area (Å²) < 4.78 is 12.9. The van der Waals surface area contributed by atoms with E-state index in [1.165, 1.54) is 11.1 Å². The highest BCUT2D eigenvalue weighted by molar-refractivity contribution is 6.13. The SMILES string of the molecule is c1ccc(-c2nc(-c3cccc4c3oc3ccccc34)nc(-c3cccc4oc5ccc(-c6ccccc6-c6ccccc6)cc5c34)n2)cc1. The predicted octanol–water partition coefficient (Wildman–Crippen LogP) is 12.0. The van der Waals surface area contributed by atoms with Crippen LogP contribution in [0.2, 0.25) is 0 Å². The minimum absolute atomic E-state index is 0.542. The maximum Gasteiger partial charge on any atom is 0.167 e. The lowest BCUT2D eigenvalue weighted by Gasteiger charge is -2.11. The van der Waals surface area contributed by atoms with Crippen LogP contribution < -0.4 is 0 Å². The van der Waals surface area contributed by atoms with Crippen LogP contribution in [0.25, 0.3) is 100 Å². The topological polar surface area (TPSA) is 65.0 Å². The minimum Gasteiger partial charge on any atom is -0.456 e. The molecule has 0 amide bonds. The Balaban J connectivity index is 1.21. The Morgan fingerprint density at radius 2 is 0.880 bits per heavy atom. The molecular formula is C45H27N3O2. The first-order chi connectivity index (χ1) is 24.8. The molecular weight excluding hydrogens is 615 g/mol. The summed E-state index contributed by atoms with van der Waals surface area (Å²) in [6.45, 7) is 0. The number of hydrogen-bond acceptors (Lipinski definition) is 5. The molecule has 3 aromatic heterocycles. The van der Waals surface area contributed by atoms with Crippen LogP contribution >= 0.6 is 0 Å². The zero-order chi connectivity index (χ0) is 33.0. The van der Waals surface area contributed by atoms with Crippen molar-refractivity contribution in [3.8, 4) is 56.4 Å². The molecule has 0 aliphatic rings. The van der Waals surface area contributed by atoms with Crippen LogP contribution in [0.1, 0.15) is 0 Å². The van der Waals surface area contributed by atoms with E-state index >= 15 is 0 Å². The molecule has 10 rings (SSSR count). The normalized spacial score (nSPS) is 11.6. The van der Waals surface area contributed by atoms with Gasteiger partial charge in [0.15, 0.2) is 17.5 Å². The molecule has 50 heavy (non-hydrogen) atoms. The highest BCUT2D eigenvalue weighted by Crippen LogP contribution is 2.41. The quantitative estimate of drug-likeness (QED) is 0.187. The number of furan rings is 2. The Hall–Kier alpha value is -6.85. The van der Waals surface area contributed by atoms with Crippen LogP contribution in [0.5, 0.6) is 0 Å². The average molecular weight is 642 g/mol. The van der Waals surface area contributed by atoms with E-state index in [1.54, 1.807) is 0 Å². The summed E-state index contributed by atoms with van der Waals surface area (Å²) >= 11 is 0. The molecule has 0 radical (unpaired) electrons. The van der Waals surface area contributed by atoms with Crippen molar-refractivity contribution in [2.24, 2.45) is 0 Å². The molecule has 0 aliphatic carbocycles. The van der Waals surface area contributed by atoms with E-state index in [1.807, 2.05) is 78.9 Å². The molecule has 7 aromatic carbocycles. The lowest BCUT2D eigenvalue weighted by molar-refractivity contribution is 0.668. The van der Waals surface area contributed by atoms with Gasteiger partial charge in [-0.1, -0.05) is 133 Å². The molecule has 0 aliphatic heterocycles. The van der Waals surface area contributed by atoms with Gasteiger partial charge in [-0.2, -0.15) is 0 Å². The Kier molecular flexibility index (Phi) is 6.42. The van der Waals surface area contributed by atoms with Crippen molar-refractivity contribution < 1.29 is 8.83 Å². The molecule has 0 N–H and O–H groups in total. The van der Waals surface area contributed by atoms with Gasteiger partial charge in [0, 0.05) is 32.7 Å². The summed E-state index contributed by atoms with van der Waals surface area (Å²) in [5.41, 5.74) is 10.3. The zero-order valence-electron chi connectivity index (χ0n) is 26.7. The summed E-state index contributed by atoms with van der Waals surface area (Å²) in [6.07, 6.45) is 0. The number of para-hydroxylation sites is 2. The highest BCUT2D eigenvalue weighted by atomic mass is 16.3. The van der Waals surface area contributed by atoms with Crippen LogP contribution in [-0.2, 0) is 0 Å². The second-order valence-electron chi connectivity index (χ2n) is 12.4. The molecule has 5 nitrogen and oxygen atoms in total. The maximum atomic E-state index is 6.46. The van der Waals surface area contributed by atoms with Gasteiger partial charge in [-0.05, 0) is 52.6 Å². The maximum absolute atomic E-state index is 6.46. The van der Waals surface area contributed by atoms with Gasteiger partial charge in [0.05, 0.1) is 5.56 Å². The molecule has 3 heterocycles. The molecule has 0 atom stereocenters. The van der Waals surface area contributed by atoms with E-state index in [0.29, 0.717) is 17.5 Å². The summed E-state index contributed by atoms with van der Waals surface area (Å²) in [7, 11) is 0. The van der Waals surface area contributed by atoms with Crippen LogP contribution in [0.3, 0.4) is 0 Å². The number of rotatable bonds is 5. The van der Waals surface area contributed by atoms with Crippen LogP contribution in [0.15, 0.2) is 173 Å². The van der Waals surface area contributed by atoms with E-state index in [2.05, 4.69) is 84.9 Å². The van der Waals surface area contributed by atoms with Gasteiger partial charge in [-0.3, -0.25) is 0 Å². The van der Waals surface area contributed by atoms with Crippen LogP contribution in [0.4, 0.5) is 0 Å². The number of benzene rings is 7. The second kappa shape index (κ2) is 11.4. The first-order valence-corrected chi connectivity index (χ1v) is 16.6. The van der Waals surface area contributed by atoms with Gasteiger partial charge in [0.2, 0.25) is 0 Å². The Bertz CT molecular complexity index is 2870. The largest absolute Gasteiger partial charge is 0.456 e. The smallest absolute Gasteiger partial charge is 0.167 e. The lowest BCUT2D eigenvalue weighted by Crippen LogP contribution is -2.00. The molecule has 234 valence electrons. The average Bonchev–Trinajstić information content (AvgIpc) is 3.77. The summed E-state index contributed by atoms with van der Waals surface area (Å²) in [5.74, 6) is 1.69. The first kappa shape index (κ1) is 28.2. The fraction of sp³-hybridized carbons (Fsp3) is 0. The molecule has 0 saturated heterocycles. The molecule has 0 fully saturated rings. The van der Waals surface area contributed by atoms with Gasteiger partial charge < -0.3 is 8.83 Å². The van der Waals surface area contributed by atoms with E-state index < -0.39 is 0 Å². The van der Waals surface area contributed by atoms with Crippen LogP contribution in [0, 0.1) is 0 Å². The van der Waals surface area contributed by atoms with Gasteiger partial charge in [0.25, 0.3) is 0 Å². The minimum atomic E-state index is 0.542. The van der Waals surface area contributed by atoms with Gasteiger partial charge in [-0.15, -0.1) is 0 Å². The second-order valence-corrected chi connectivity index (χ2v) is 12.4. The third-order valence-corrected chi connectivity index (χ3v) is 9.37. The summed E-state index contributed by atoms with van der Waals surface area (Å²) in [5, 5.41) is 4.03.